The molecule has 1 aromatic rings. The molecule has 0 radical (unpaired) electrons. The van der Waals surface area contributed by atoms with Gasteiger partial charge in [0, 0.05) is 5.56 Å². The molecule has 1 N–H and O–H groups in total. The molecule has 0 saturated carbocycles. The summed E-state index contributed by atoms with van der Waals surface area (Å²) >= 11 is 0. The van der Waals surface area contributed by atoms with E-state index >= 15 is 0 Å². The largest absolute Gasteiger partial charge is 0.487 e. The van der Waals surface area contributed by atoms with Crippen LogP contribution in [0.3, 0.4) is 0 Å². The summed E-state index contributed by atoms with van der Waals surface area (Å²) in [4.78, 5) is 10.7. The van der Waals surface area contributed by atoms with Crippen molar-refractivity contribution in [2.75, 3.05) is 6.61 Å². The first kappa shape index (κ1) is 11.0. The van der Waals surface area contributed by atoms with E-state index in [1.807, 2.05) is 0 Å². The third-order valence-corrected chi connectivity index (χ3v) is 2.68. The van der Waals surface area contributed by atoms with Gasteiger partial charge in [-0.1, -0.05) is 0 Å². The van der Waals surface area contributed by atoms with E-state index in [9.17, 15) is 9.90 Å². The molecule has 16 heavy (non-hydrogen) atoms. The van der Waals surface area contributed by atoms with Gasteiger partial charge in [0.2, 0.25) is 0 Å². The van der Waals surface area contributed by atoms with Crippen molar-refractivity contribution >= 4 is 6.29 Å². The highest BCUT2D eigenvalue weighted by Crippen LogP contribution is 2.35. The standard InChI is InChI=1S/C12H14O4/c1-12(2)11(14)7-15-9-4-3-8(6-13)5-10(9)16-12/h3-6,11,14H,7H2,1-2H3/t11-/m0/s1. The summed E-state index contributed by atoms with van der Waals surface area (Å²) in [6.07, 6.45) is 0.0393. The number of hydrogen-bond acceptors (Lipinski definition) is 4. The zero-order valence-electron chi connectivity index (χ0n) is 9.27. The predicted octanol–water partition coefficient (Wildman–Crippen LogP) is 1.41. The van der Waals surface area contributed by atoms with E-state index in [-0.39, 0.29) is 6.61 Å². The molecular weight excluding hydrogens is 208 g/mol. The molecule has 0 aliphatic carbocycles. The molecule has 0 bridgehead atoms. The summed E-state index contributed by atoms with van der Waals surface area (Å²) in [5.41, 5.74) is -0.207. The maximum Gasteiger partial charge on any atom is 0.162 e. The maximum atomic E-state index is 10.7. The molecule has 1 aliphatic rings. The summed E-state index contributed by atoms with van der Waals surface area (Å²) in [7, 11) is 0. The number of ether oxygens (including phenoxy) is 2. The van der Waals surface area contributed by atoms with Crippen molar-refractivity contribution in [1.29, 1.82) is 0 Å². The molecule has 4 heteroatoms. The number of carbonyl (C=O) groups is 1. The lowest BCUT2D eigenvalue weighted by molar-refractivity contribution is -0.0351. The van der Waals surface area contributed by atoms with Crippen molar-refractivity contribution in [2.24, 2.45) is 0 Å². The summed E-state index contributed by atoms with van der Waals surface area (Å²) in [5.74, 6) is 1.04. The van der Waals surface area contributed by atoms with Crippen molar-refractivity contribution in [3.8, 4) is 11.5 Å². The smallest absolute Gasteiger partial charge is 0.162 e. The number of aliphatic hydroxyl groups excluding tert-OH is 1. The Balaban J connectivity index is 2.41. The van der Waals surface area contributed by atoms with E-state index in [4.69, 9.17) is 9.47 Å². The Morgan fingerprint density at radius 1 is 1.44 bits per heavy atom. The average Bonchev–Trinajstić information content (AvgIpc) is 2.36. The zero-order chi connectivity index (χ0) is 11.8. The highest BCUT2D eigenvalue weighted by atomic mass is 16.6. The topological polar surface area (TPSA) is 55.8 Å². The average molecular weight is 222 g/mol. The minimum Gasteiger partial charge on any atom is -0.487 e. The first-order chi connectivity index (χ1) is 7.53. The normalized spacial score (nSPS) is 22.3. The van der Waals surface area contributed by atoms with E-state index in [2.05, 4.69) is 0 Å². The summed E-state index contributed by atoms with van der Waals surface area (Å²) in [5, 5.41) is 9.80. The molecule has 0 saturated heterocycles. The number of rotatable bonds is 1. The number of aliphatic hydroxyl groups is 1. The Labute approximate surface area is 93.8 Å². The molecule has 0 fully saturated rings. The van der Waals surface area contributed by atoms with Crippen molar-refractivity contribution in [2.45, 2.75) is 25.6 Å². The van der Waals surface area contributed by atoms with Crippen LogP contribution in [0.2, 0.25) is 0 Å². The molecule has 0 unspecified atom stereocenters. The summed E-state index contributed by atoms with van der Waals surface area (Å²) in [6, 6.07) is 4.94. The van der Waals surface area contributed by atoms with Crippen LogP contribution < -0.4 is 9.47 Å². The molecule has 1 atom stereocenters. The van der Waals surface area contributed by atoms with Crippen molar-refractivity contribution < 1.29 is 19.4 Å². The number of aldehydes is 1. The van der Waals surface area contributed by atoms with Crippen LogP contribution in [0.1, 0.15) is 24.2 Å². The van der Waals surface area contributed by atoms with Gasteiger partial charge in [-0.25, -0.2) is 0 Å². The summed E-state index contributed by atoms with van der Waals surface area (Å²) < 4.78 is 11.1. The second-order valence-corrected chi connectivity index (χ2v) is 4.36. The van der Waals surface area contributed by atoms with Crippen LogP contribution in [0.15, 0.2) is 18.2 Å². The van der Waals surface area contributed by atoms with Gasteiger partial charge >= 0.3 is 0 Å². The van der Waals surface area contributed by atoms with Gasteiger partial charge < -0.3 is 14.6 Å². The van der Waals surface area contributed by atoms with E-state index < -0.39 is 11.7 Å². The first-order valence-corrected chi connectivity index (χ1v) is 5.12. The Bertz CT molecular complexity index is 411. The fraction of sp³-hybridized carbons (Fsp3) is 0.417. The third kappa shape index (κ3) is 1.88. The van der Waals surface area contributed by atoms with E-state index in [1.54, 1.807) is 32.0 Å². The maximum absolute atomic E-state index is 10.7. The molecular formula is C12H14O4. The molecule has 1 aromatic carbocycles. The van der Waals surface area contributed by atoms with E-state index in [0.29, 0.717) is 17.1 Å². The molecule has 86 valence electrons. The first-order valence-electron chi connectivity index (χ1n) is 5.12. The second-order valence-electron chi connectivity index (χ2n) is 4.36. The van der Waals surface area contributed by atoms with Crippen molar-refractivity contribution in [3.05, 3.63) is 23.8 Å². The minimum absolute atomic E-state index is 0.181. The lowest BCUT2D eigenvalue weighted by Gasteiger charge is -2.28. The molecule has 4 nitrogen and oxygen atoms in total. The van der Waals surface area contributed by atoms with Crippen molar-refractivity contribution in [1.82, 2.24) is 0 Å². The predicted molar refractivity (Wildman–Crippen MR) is 58.0 cm³/mol. The molecule has 1 heterocycles. The number of hydrogen-bond donors (Lipinski definition) is 1. The van der Waals surface area contributed by atoms with Crippen LogP contribution in [0.5, 0.6) is 11.5 Å². The molecule has 0 spiro atoms. The Morgan fingerprint density at radius 2 is 2.19 bits per heavy atom. The van der Waals surface area contributed by atoms with Gasteiger partial charge in [-0.3, -0.25) is 4.79 Å². The highest BCUT2D eigenvalue weighted by Gasteiger charge is 2.34. The van der Waals surface area contributed by atoms with Crippen LogP contribution in [-0.4, -0.2) is 29.7 Å². The molecule has 0 aromatic heterocycles. The quantitative estimate of drug-likeness (QED) is 0.730. The molecule has 2 rings (SSSR count). The lowest BCUT2D eigenvalue weighted by atomic mass is 10.0. The van der Waals surface area contributed by atoms with Crippen LogP contribution in [-0.2, 0) is 0 Å². The Morgan fingerprint density at radius 3 is 2.88 bits per heavy atom. The van der Waals surface area contributed by atoms with Gasteiger partial charge in [0.15, 0.2) is 11.5 Å². The SMILES string of the molecule is CC1(C)Oc2cc(C=O)ccc2OC[C@@H]1O. The molecule has 1 aliphatic heterocycles. The van der Waals surface area contributed by atoms with E-state index in [1.165, 1.54) is 0 Å². The lowest BCUT2D eigenvalue weighted by Crippen LogP contribution is -2.43. The van der Waals surface area contributed by atoms with Gasteiger partial charge in [0.1, 0.15) is 24.6 Å². The highest BCUT2D eigenvalue weighted by molar-refractivity contribution is 5.76. The van der Waals surface area contributed by atoms with Gasteiger partial charge in [-0.05, 0) is 32.0 Å². The van der Waals surface area contributed by atoms with Crippen LogP contribution in [0, 0.1) is 0 Å². The monoisotopic (exact) mass is 222 g/mol. The fourth-order valence-corrected chi connectivity index (χ4v) is 1.52. The van der Waals surface area contributed by atoms with E-state index in [0.717, 1.165) is 6.29 Å². The van der Waals surface area contributed by atoms with Crippen LogP contribution in [0.25, 0.3) is 0 Å². The minimum atomic E-state index is -0.729. The van der Waals surface area contributed by atoms with Gasteiger partial charge in [0.25, 0.3) is 0 Å². The van der Waals surface area contributed by atoms with Crippen molar-refractivity contribution in [3.63, 3.8) is 0 Å². The fourth-order valence-electron chi connectivity index (χ4n) is 1.52. The van der Waals surface area contributed by atoms with Crippen LogP contribution in [0.4, 0.5) is 0 Å². The van der Waals surface area contributed by atoms with Gasteiger partial charge in [-0.15, -0.1) is 0 Å². The Kier molecular flexibility index (Phi) is 2.59. The van der Waals surface area contributed by atoms with Gasteiger partial charge in [-0.2, -0.15) is 0 Å². The number of benzene rings is 1. The molecule has 0 amide bonds. The zero-order valence-corrected chi connectivity index (χ0v) is 9.27. The number of carbonyl (C=O) groups excluding carboxylic acids is 1. The summed E-state index contributed by atoms with van der Waals surface area (Å²) in [6.45, 7) is 3.74. The Hall–Kier alpha value is -1.55. The third-order valence-electron chi connectivity index (χ3n) is 2.68. The number of fused-ring (bicyclic) bond motifs is 1. The second kappa shape index (κ2) is 3.79. The van der Waals surface area contributed by atoms with Gasteiger partial charge in [0.05, 0.1) is 0 Å². The van der Waals surface area contributed by atoms with Crippen LogP contribution >= 0.6 is 0 Å².